The third-order valence-corrected chi connectivity index (χ3v) is 8.06. The molecule has 5 rings (SSSR count). The average molecular weight is 460 g/mol. The largest absolute Gasteiger partial charge is 0.303 e. The van der Waals surface area contributed by atoms with Crippen molar-refractivity contribution in [3.63, 3.8) is 0 Å². The second-order valence-electron chi connectivity index (χ2n) is 8.21. The van der Waals surface area contributed by atoms with Crippen molar-refractivity contribution < 1.29 is 0 Å². The first kappa shape index (κ1) is 21.6. The van der Waals surface area contributed by atoms with E-state index in [2.05, 4.69) is 82.6 Å². The number of rotatable bonds is 5. The van der Waals surface area contributed by atoms with Gasteiger partial charge < -0.3 is 4.90 Å². The Morgan fingerprint density at radius 1 is 0.781 bits per heavy atom. The normalized spacial score (nSPS) is 16.5. The second kappa shape index (κ2) is 10.6. The van der Waals surface area contributed by atoms with Crippen LogP contribution in [0.5, 0.6) is 0 Å². The first-order chi connectivity index (χ1) is 15.9. The summed E-state index contributed by atoms with van der Waals surface area (Å²) in [6.45, 7) is 3.72. The third-order valence-electron chi connectivity index (χ3n) is 5.90. The SMILES string of the molecule is c1ccc(N=C(SCCCN2CCCCC2)N2c3ccccc3Sc3ccccc32)cc1. The Morgan fingerprint density at radius 2 is 1.41 bits per heavy atom. The smallest absolute Gasteiger partial charge is 0.173 e. The van der Waals surface area contributed by atoms with Crippen LogP contribution in [0.4, 0.5) is 17.1 Å². The van der Waals surface area contributed by atoms with Crippen LogP contribution in [0.1, 0.15) is 25.7 Å². The van der Waals surface area contributed by atoms with Crippen LogP contribution in [0.3, 0.4) is 0 Å². The van der Waals surface area contributed by atoms with Gasteiger partial charge in [0.1, 0.15) is 0 Å². The highest BCUT2D eigenvalue weighted by Crippen LogP contribution is 2.49. The van der Waals surface area contributed by atoms with Crippen molar-refractivity contribution in [2.75, 3.05) is 30.3 Å². The summed E-state index contributed by atoms with van der Waals surface area (Å²) < 4.78 is 0. The van der Waals surface area contributed by atoms with Gasteiger partial charge in [-0.05, 0) is 75.3 Å². The Morgan fingerprint density at radius 3 is 2.09 bits per heavy atom. The molecule has 3 aromatic rings. The molecule has 3 aromatic carbocycles. The van der Waals surface area contributed by atoms with Crippen LogP contribution in [-0.4, -0.2) is 35.5 Å². The van der Waals surface area contributed by atoms with E-state index in [1.165, 1.54) is 66.5 Å². The molecule has 0 atom stereocenters. The van der Waals surface area contributed by atoms with Gasteiger partial charge in [0.2, 0.25) is 0 Å². The zero-order chi connectivity index (χ0) is 21.6. The van der Waals surface area contributed by atoms with E-state index >= 15 is 0 Å². The first-order valence-corrected chi connectivity index (χ1v) is 13.3. The number of hydrogen-bond acceptors (Lipinski definition) is 4. The Labute approximate surface area is 199 Å². The Hall–Kier alpha value is -2.21. The minimum Gasteiger partial charge on any atom is -0.303 e. The molecule has 0 aliphatic carbocycles. The molecular formula is C27H29N3S2. The van der Waals surface area contributed by atoms with Crippen LogP contribution in [0.25, 0.3) is 0 Å². The highest BCUT2D eigenvalue weighted by atomic mass is 32.2. The van der Waals surface area contributed by atoms with Gasteiger partial charge in [-0.15, -0.1) is 0 Å². The standard InChI is InChI=1S/C27H29N3S2/c1-3-12-22(13-4-1)28-27(31-21-11-20-29-18-9-2-10-19-29)30-23-14-5-7-16-25(23)32-26-17-8-6-15-24(26)30/h1,3-8,12-17H,2,9-11,18-21H2. The molecule has 3 nitrogen and oxygen atoms in total. The van der Waals surface area contributed by atoms with E-state index < -0.39 is 0 Å². The number of aliphatic imine (C=N–C) groups is 1. The molecule has 2 heterocycles. The number of benzene rings is 3. The van der Waals surface area contributed by atoms with Crippen LogP contribution in [-0.2, 0) is 0 Å². The lowest BCUT2D eigenvalue weighted by molar-refractivity contribution is 0.230. The molecule has 0 radical (unpaired) electrons. The van der Waals surface area contributed by atoms with Gasteiger partial charge in [0.15, 0.2) is 5.17 Å². The summed E-state index contributed by atoms with van der Waals surface area (Å²) in [5.74, 6) is 1.07. The molecule has 2 aliphatic heterocycles. The van der Waals surface area contributed by atoms with Gasteiger partial charge in [-0.3, -0.25) is 4.90 Å². The van der Waals surface area contributed by atoms with Crippen molar-refractivity contribution >= 4 is 45.8 Å². The predicted molar refractivity (Wildman–Crippen MR) is 140 cm³/mol. The lowest BCUT2D eigenvalue weighted by Gasteiger charge is -2.33. The van der Waals surface area contributed by atoms with E-state index in [1.54, 1.807) is 0 Å². The summed E-state index contributed by atoms with van der Waals surface area (Å²) in [6.07, 6.45) is 5.29. The maximum atomic E-state index is 5.15. The van der Waals surface area contributed by atoms with E-state index in [0.29, 0.717) is 0 Å². The van der Waals surface area contributed by atoms with E-state index in [0.717, 1.165) is 16.6 Å². The van der Waals surface area contributed by atoms with Crippen molar-refractivity contribution in [1.29, 1.82) is 0 Å². The van der Waals surface area contributed by atoms with Gasteiger partial charge in [-0.25, -0.2) is 4.99 Å². The van der Waals surface area contributed by atoms with E-state index in [9.17, 15) is 0 Å². The van der Waals surface area contributed by atoms with E-state index in [4.69, 9.17) is 4.99 Å². The maximum Gasteiger partial charge on any atom is 0.173 e. The van der Waals surface area contributed by atoms with E-state index in [1.807, 2.05) is 29.6 Å². The van der Waals surface area contributed by atoms with E-state index in [-0.39, 0.29) is 0 Å². The molecule has 0 unspecified atom stereocenters. The highest BCUT2D eigenvalue weighted by Gasteiger charge is 2.27. The van der Waals surface area contributed by atoms with Crippen molar-refractivity contribution in [3.05, 3.63) is 78.9 Å². The van der Waals surface area contributed by atoms with Crippen LogP contribution in [0.15, 0.2) is 93.6 Å². The van der Waals surface area contributed by atoms with Crippen molar-refractivity contribution in [1.82, 2.24) is 4.90 Å². The van der Waals surface area contributed by atoms with Crippen LogP contribution in [0.2, 0.25) is 0 Å². The molecule has 1 saturated heterocycles. The zero-order valence-electron chi connectivity index (χ0n) is 18.3. The predicted octanol–water partition coefficient (Wildman–Crippen LogP) is 7.59. The summed E-state index contributed by atoms with van der Waals surface area (Å²) in [7, 11) is 0. The van der Waals surface area contributed by atoms with Gasteiger partial charge in [-0.1, -0.05) is 72.4 Å². The fourth-order valence-electron chi connectivity index (χ4n) is 4.31. The number of piperidine rings is 1. The molecular weight excluding hydrogens is 430 g/mol. The van der Waals surface area contributed by atoms with Gasteiger partial charge in [-0.2, -0.15) is 0 Å². The summed E-state index contributed by atoms with van der Waals surface area (Å²) in [6, 6.07) is 27.7. The average Bonchev–Trinajstić information content (AvgIpc) is 2.86. The van der Waals surface area contributed by atoms with Crippen LogP contribution in [0, 0.1) is 0 Å². The number of hydrogen-bond donors (Lipinski definition) is 0. The van der Waals surface area contributed by atoms with Gasteiger partial charge in [0.05, 0.1) is 17.1 Å². The first-order valence-electron chi connectivity index (χ1n) is 11.5. The lowest BCUT2D eigenvalue weighted by Crippen LogP contribution is -2.31. The third kappa shape index (κ3) is 5.06. The van der Waals surface area contributed by atoms with Gasteiger partial charge in [0, 0.05) is 15.5 Å². The monoisotopic (exact) mass is 459 g/mol. The number of fused-ring (bicyclic) bond motifs is 2. The van der Waals surface area contributed by atoms with Gasteiger partial charge >= 0.3 is 0 Å². The number of anilines is 2. The number of nitrogens with zero attached hydrogens (tertiary/aromatic N) is 3. The molecule has 1 fully saturated rings. The molecule has 32 heavy (non-hydrogen) atoms. The number of likely N-dealkylation sites (tertiary alicyclic amines) is 1. The van der Waals surface area contributed by atoms with Crippen LogP contribution >= 0.6 is 23.5 Å². The number of para-hydroxylation sites is 3. The molecule has 0 N–H and O–H groups in total. The second-order valence-corrected chi connectivity index (χ2v) is 10.4. The number of thioether (sulfide) groups is 1. The summed E-state index contributed by atoms with van der Waals surface area (Å²) in [4.78, 5) is 12.7. The molecule has 0 bridgehead atoms. The Bertz CT molecular complexity index is 1020. The quantitative estimate of drug-likeness (QED) is 0.222. The summed E-state index contributed by atoms with van der Waals surface area (Å²) in [5.41, 5.74) is 3.43. The molecule has 0 amide bonds. The maximum absolute atomic E-state index is 5.15. The molecule has 2 aliphatic rings. The molecule has 0 saturated carbocycles. The summed E-state index contributed by atoms with van der Waals surface area (Å²) in [5, 5.41) is 1.05. The topological polar surface area (TPSA) is 18.8 Å². The Kier molecular flexibility index (Phi) is 7.17. The van der Waals surface area contributed by atoms with Gasteiger partial charge in [0.25, 0.3) is 0 Å². The summed E-state index contributed by atoms with van der Waals surface area (Å²) >= 11 is 3.72. The van der Waals surface area contributed by atoms with Crippen molar-refractivity contribution in [3.8, 4) is 0 Å². The minimum absolute atomic E-state index is 0.999. The molecule has 5 heteroatoms. The molecule has 164 valence electrons. The fraction of sp³-hybridized carbons (Fsp3) is 0.296. The zero-order valence-corrected chi connectivity index (χ0v) is 20.0. The molecule has 0 aromatic heterocycles. The lowest BCUT2D eigenvalue weighted by atomic mass is 10.1. The highest BCUT2D eigenvalue weighted by molar-refractivity contribution is 8.14. The van der Waals surface area contributed by atoms with Crippen molar-refractivity contribution in [2.45, 2.75) is 35.5 Å². The van der Waals surface area contributed by atoms with Crippen molar-refractivity contribution in [2.24, 2.45) is 4.99 Å². The fourth-order valence-corrected chi connectivity index (χ4v) is 6.31. The molecule has 0 spiro atoms. The Balaban J connectivity index is 1.43. The number of amidine groups is 1. The minimum atomic E-state index is 0.999. The van der Waals surface area contributed by atoms with Crippen LogP contribution < -0.4 is 4.90 Å².